The fourth-order valence-corrected chi connectivity index (χ4v) is 2.84. The smallest absolute Gasteiger partial charge is 0.303 e. The van der Waals surface area contributed by atoms with Crippen molar-refractivity contribution in [2.75, 3.05) is 0 Å². The normalized spacial score (nSPS) is 12.3. The van der Waals surface area contributed by atoms with E-state index in [1.807, 2.05) is 0 Å². The molecule has 1 atom stereocenters. The summed E-state index contributed by atoms with van der Waals surface area (Å²) in [6, 6.07) is 1.51. The average molecular weight is 389 g/mol. The topological polar surface area (TPSA) is 192 Å². The van der Waals surface area contributed by atoms with Crippen LogP contribution < -0.4 is 11.2 Å². The van der Waals surface area contributed by atoms with Gasteiger partial charge < -0.3 is 35.7 Å². The number of benzene rings is 2. The number of carboxylic acids is 1. The van der Waals surface area contributed by atoms with Crippen molar-refractivity contribution in [3.63, 3.8) is 0 Å². The minimum atomic E-state index is -1.33. The van der Waals surface area contributed by atoms with Gasteiger partial charge in [0.25, 0.3) is 0 Å². The average Bonchev–Trinajstić information content (AvgIpc) is 2.61. The summed E-state index contributed by atoms with van der Waals surface area (Å²) in [5.41, 5.74) is 3.79. The van der Waals surface area contributed by atoms with Gasteiger partial charge in [0.2, 0.25) is 5.43 Å². The molecule has 10 nitrogen and oxygen atoms in total. The standard InChI is InChI=1S/C18H15NO9/c19-7(1-2-13(23)24)17(26)14-10(22)5-12-15(18(14)27)16(25)6-3-8(20)9(21)4-11(6)28-12/h3-5,7,20-22,27H,1-2,19H2,(H,23,24)/t7-/m0/s1. The largest absolute Gasteiger partial charge is 0.507 e. The lowest BCUT2D eigenvalue weighted by molar-refractivity contribution is -0.137. The second kappa shape index (κ2) is 6.74. The van der Waals surface area contributed by atoms with Gasteiger partial charge in [-0.2, -0.15) is 0 Å². The Kier molecular flexibility index (Phi) is 4.57. The molecule has 0 saturated heterocycles. The molecule has 0 saturated carbocycles. The van der Waals surface area contributed by atoms with E-state index in [1.165, 1.54) is 0 Å². The van der Waals surface area contributed by atoms with E-state index in [9.17, 15) is 34.8 Å². The lowest BCUT2D eigenvalue weighted by Gasteiger charge is -2.13. The van der Waals surface area contributed by atoms with Crippen LogP contribution in [0.1, 0.15) is 23.2 Å². The second-order valence-corrected chi connectivity index (χ2v) is 6.16. The minimum Gasteiger partial charge on any atom is -0.507 e. The highest BCUT2D eigenvalue weighted by Crippen LogP contribution is 2.38. The molecule has 0 bridgehead atoms. The predicted molar refractivity (Wildman–Crippen MR) is 95.8 cm³/mol. The van der Waals surface area contributed by atoms with Crippen molar-refractivity contribution < 1.29 is 39.5 Å². The van der Waals surface area contributed by atoms with Crippen LogP contribution in [-0.4, -0.2) is 43.3 Å². The summed E-state index contributed by atoms with van der Waals surface area (Å²) < 4.78 is 5.39. The van der Waals surface area contributed by atoms with Crippen LogP contribution in [0.3, 0.4) is 0 Å². The molecule has 1 aromatic heterocycles. The number of phenols is 4. The van der Waals surface area contributed by atoms with Gasteiger partial charge in [0.15, 0.2) is 17.3 Å². The van der Waals surface area contributed by atoms with Crippen LogP contribution in [0.15, 0.2) is 27.4 Å². The zero-order valence-electron chi connectivity index (χ0n) is 14.2. The van der Waals surface area contributed by atoms with Crippen LogP contribution in [0.2, 0.25) is 0 Å². The summed E-state index contributed by atoms with van der Waals surface area (Å²) in [6.45, 7) is 0. The number of hydrogen-bond donors (Lipinski definition) is 6. The third-order valence-electron chi connectivity index (χ3n) is 4.26. The number of carbonyl (C=O) groups excluding carboxylic acids is 1. The number of carbonyl (C=O) groups is 2. The molecule has 0 aliphatic heterocycles. The summed E-state index contributed by atoms with van der Waals surface area (Å²) in [7, 11) is 0. The van der Waals surface area contributed by atoms with Crippen molar-refractivity contribution in [1.29, 1.82) is 0 Å². The van der Waals surface area contributed by atoms with E-state index in [-0.39, 0.29) is 23.0 Å². The van der Waals surface area contributed by atoms with E-state index in [1.54, 1.807) is 0 Å². The fraction of sp³-hybridized carbons (Fsp3) is 0.167. The molecule has 10 heteroatoms. The third kappa shape index (κ3) is 3.05. The van der Waals surface area contributed by atoms with Gasteiger partial charge in [0.1, 0.15) is 33.6 Å². The first-order valence-electron chi connectivity index (χ1n) is 8.00. The van der Waals surface area contributed by atoms with Crippen LogP contribution in [-0.2, 0) is 4.79 Å². The molecular weight excluding hydrogens is 374 g/mol. The summed E-state index contributed by atoms with van der Waals surface area (Å²) in [6.07, 6.45) is -0.651. The van der Waals surface area contributed by atoms with Gasteiger partial charge in [-0.05, 0) is 12.5 Å². The molecule has 7 N–H and O–H groups in total. The number of rotatable bonds is 5. The fourth-order valence-electron chi connectivity index (χ4n) is 2.84. The maximum Gasteiger partial charge on any atom is 0.303 e. The highest BCUT2D eigenvalue weighted by molar-refractivity contribution is 6.09. The molecule has 0 unspecified atom stereocenters. The van der Waals surface area contributed by atoms with E-state index in [2.05, 4.69) is 0 Å². The number of carboxylic acid groups (broad SMARTS) is 1. The van der Waals surface area contributed by atoms with E-state index < -0.39 is 63.6 Å². The van der Waals surface area contributed by atoms with Gasteiger partial charge >= 0.3 is 5.97 Å². The maximum atomic E-state index is 12.7. The molecule has 0 fully saturated rings. The van der Waals surface area contributed by atoms with E-state index >= 15 is 0 Å². The van der Waals surface area contributed by atoms with Gasteiger partial charge in [0, 0.05) is 18.6 Å². The Balaban J connectivity index is 2.24. The number of ketones is 1. The first-order valence-corrected chi connectivity index (χ1v) is 8.00. The monoisotopic (exact) mass is 389 g/mol. The number of Topliss-reactive ketones (excluding diaryl/α,β-unsaturated/α-hetero) is 1. The zero-order chi connectivity index (χ0) is 20.7. The van der Waals surface area contributed by atoms with Crippen molar-refractivity contribution in [3.05, 3.63) is 34.0 Å². The Morgan fingerprint density at radius 2 is 1.61 bits per heavy atom. The zero-order valence-corrected chi connectivity index (χ0v) is 14.2. The Bertz CT molecular complexity index is 1200. The number of hydrogen-bond acceptors (Lipinski definition) is 9. The molecule has 2 aromatic carbocycles. The summed E-state index contributed by atoms with van der Waals surface area (Å²) in [5, 5.41) is 47.8. The molecule has 1 heterocycles. The van der Waals surface area contributed by atoms with Gasteiger partial charge in [-0.15, -0.1) is 0 Å². The highest BCUT2D eigenvalue weighted by atomic mass is 16.4. The SMILES string of the molecule is N[C@@H](CCC(=O)O)C(=O)c1c(O)cc2oc3cc(O)c(O)cc3c(=O)c2c1O. The molecule has 28 heavy (non-hydrogen) atoms. The van der Waals surface area contributed by atoms with Gasteiger partial charge in [-0.3, -0.25) is 14.4 Å². The van der Waals surface area contributed by atoms with Crippen LogP contribution in [0, 0.1) is 0 Å². The number of aromatic hydroxyl groups is 4. The Morgan fingerprint density at radius 1 is 1.00 bits per heavy atom. The first-order chi connectivity index (χ1) is 13.1. The third-order valence-corrected chi connectivity index (χ3v) is 4.26. The van der Waals surface area contributed by atoms with Crippen molar-refractivity contribution in [3.8, 4) is 23.0 Å². The number of nitrogens with two attached hydrogens (primary N) is 1. The molecule has 0 radical (unpaired) electrons. The Hall–Kier alpha value is -3.79. The summed E-state index contributed by atoms with van der Waals surface area (Å²) >= 11 is 0. The van der Waals surface area contributed by atoms with Crippen molar-refractivity contribution in [2.45, 2.75) is 18.9 Å². The highest BCUT2D eigenvalue weighted by Gasteiger charge is 2.27. The van der Waals surface area contributed by atoms with Crippen molar-refractivity contribution in [1.82, 2.24) is 0 Å². The quantitative estimate of drug-likeness (QED) is 0.209. The molecular formula is C18H15NO9. The van der Waals surface area contributed by atoms with Crippen molar-refractivity contribution in [2.24, 2.45) is 5.73 Å². The van der Waals surface area contributed by atoms with Gasteiger partial charge in [-0.25, -0.2) is 0 Å². The van der Waals surface area contributed by atoms with Crippen LogP contribution in [0.5, 0.6) is 23.0 Å². The second-order valence-electron chi connectivity index (χ2n) is 6.16. The minimum absolute atomic E-state index is 0.121. The molecule has 0 aliphatic carbocycles. The number of fused-ring (bicyclic) bond motifs is 2. The van der Waals surface area contributed by atoms with Crippen LogP contribution >= 0.6 is 0 Å². The molecule has 0 amide bonds. The predicted octanol–water partition coefficient (Wildman–Crippen LogP) is 1.14. The lowest BCUT2D eigenvalue weighted by atomic mass is 9.97. The lowest BCUT2D eigenvalue weighted by Crippen LogP contribution is -2.31. The summed E-state index contributed by atoms with van der Waals surface area (Å²) in [4.78, 5) is 35.8. The van der Waals surface area contributed by atoms with Gasteiger partial charge in [-0.1, -0.05) is 0 Å². The van der Waals surface area contributed by atoms with Crippen molar-refractivity contribution >= 4 is 33.7 Å². The van der Waals surface area contributed by atoms with E-state index in [0.717, 1.165) is 18.2 Å². The number of aliphatic carboxylic acids is 1. The molecule has 146 valence electrons. The van der Waals surface area contributed by atoms with Crippen LogP contribution in [0.25, 0.3) is 21.9 Å². The maximum absolute atomic E-state index is 12.7. The summed E-state index contributed by atoms with van der Waals surface area (Å²) in [5.74, 6) is -4.86. The number of phenolic OH excluding ortho intramolecular Hbond substituents is 4. The molecule has 3 rings (SSSR count). The Labute approximate surface area is 155 Å². The molecule has 0 spiro atoms. The van der Waals surface area contributed by atoms with Gasteiger partial charge in [0.05, 0.1) is 11.4 Å². The van der Waals surface area contributed by atoms with Crippen LogP contribution in [0.4, 0.5) is 0 Å². The molecule has 0 aliphatic rings. The van der Waals surface area contributed by atoms with E-state index in [0.29, 0.717) is 0 Å². The van der Waals surface area contributed by atoms with E-state index in [4.69, 9.17) is 15.3 Å². The first kappa shape index (κ1) is 19.0. The Morgan fingerprint density at radius 3 is 2.25 bits per heavy atom. The molecule has 3 aromatic rings.